The molecule has 0 aliphatic carbocycles. The Labute approximate surface area is 120 Å². The van der Waals surface area contributed by atoms with Crippen LogP contribution in [0.4, 0.5) is 5.82 Å². The first-order valence-corrected chi connectivity index (χ1v) is 6.83. The van der Waals surface area contributed by atoms with Crippen LogP contribution in [0.25, 0.3) is 0 Å². The fourth-order valence-electron chi connectivity index (χ4n) is 1.77. The van der Waals surface area contributed by atoms with Crippen LogP contribution in [0.15, 0.2) is 6.20 Å². The van der Waals surface area contributed by atoms with Gasteiger partial charge in [-0.2, -0.15) is 4.98 Å². The van der Waals surface area contributed by atoms with E-state index in [1.165, 1.54) is 0 Å². The highest BCUT2D eigenvalue weighted by molar-refractivity contribution is 6.32. The van der Waals surface area contributed by atoms with E-state index in [9.17, 15) is 0 Å². The van der Waals surface area contributed by atoms with Crippen molar-refractivity contribution in [2.45, 2.75) is 27.2 Å². The smallest absolute Gasteiger partial charge is 0.318 e. The van der Waals surface area contributed by atoms with Gasteiger partial charge in [-0.05, 0) is 18.4 Å². The molecule has 0 spiro atoms. The number of hydrogen-bond donors (Lipinski definition) is 1. The van der Waals surface area contributed by atoms with E-state index in [-0.39, 0.29) is 5.41 Å². The molecular formula is C13H23ClN4O. The number of nitrogens with two attached hydrogens (primary N) is 1. The van der Waals surface area contributed by atoms with Crippen LogP contribution in [0.1, 0.15) is 27.2 Å². The van der Waals surface area contributed by atoms with Crippen molar-refractivity contribution < 1.29 is 4.74 Å². The van der Waals surface area contributed by atoms with Gasteiger partial charge in [0.1, 0.15) is 5.02 Å². The predicted octanol–water partition coefficient (Wildman–Crippen LogP) is 2.34. The van der Waals surface area contributed by atoms with Crippen LogP contribution < -0.4 is 15.4 Å². The van der Waals surface area contributed by atoms with Crippen LogP contribution in [0.5, 0.6) is 6.01 Å². The average molecular weight is 287 g/mol. The number of methoxy groups -OCH3 is 1. The molecule has 0 amide bonds. The van der Waals surface area contributed by atoms with E-state index in [0.717, 1.165) is 19.5 Å². The summed E-state index contributed by atoms with van der Waals surface area (Å²) >= 11 is 6.20. The van der Waals surface area contributed by atoms with E-state index >= 15 is 0 Å². The minimum Gasteiger partial charge on any atom is -0.467 e. The van der Waals surface area contributed by atoms with E-state index < -0.39 is 0 Å². The van der Waals surface area contributed by atoms with Crippen LogP contribution >= 0.6 is 11.6 Å². The Hall–Kier alpha value is -1.07. The van der Waals surface area contributed by atoms with Crippen molar-refractivity contribution in [2.75, 3.05) is 31.6 Å². The standard InChI is InChI=1S/C13H23ClN4O/c1-5-6-18(9-13(2,3)8-15)11-10(14)7-16-12(17-11)19-4/h7H,5-6,8-9,15H2,1-4H3. The fraction of sp³-hybridized carbons (Fsp3) is 0.692. The first-order chi connectivity index (χ1) is 8.93. The van der Waals surface area contributed by atoms with Gasteiger partial charge in [-0.15, -0.1) is 0 Å². The molecular weight excluding hydrogens is 264 g/mol. The van der Waals surface area contributed by atoms with Gasteiger partial charge in [0.25, 0.3) is 0 Å². The summed E-state index contributed by atoms with van der Waals surface area (Å²) in [5.74, 6) is 0.705. The first kappa shape index (κ1) is 16.0. The molecule has 0 aromatic carbocycles. The second-order valence-electron chi connectivity index (χ2n) is 5.32. The third-order valence-corrected chi connectivity index (χ3v) is 3.12. The molecule has 1 rings (SSSR count). The zero-order valence-corrected chi connectivity index (χ0v) is 12.9. The molecule has 0 aliphatic heterocycles. The lowest BCUT2D eigenvalue weighted by Gasteiger charge is -2.32. The van der Waals surface area contributed by atoms with Gasteiger partial charge in [-0.1, -0.05) is 32.4 Å². The van der Waals surface area contributed by atoms with Gasteiger partial charge in [0.2, 0.25) is 0 Å². The Morgan fingerprint density at radius 3 is 2.68 bits per heavy atom. The van der Waals surface area contributed by atoms with E-state index in [1.54, 1.807) is 13.3 Å². The van der Waals surface area contributed by atoms with Gasteiger partial charge < -0.3 is 15.4 Å². The molecule has 1 aromatic rings. The van der Waals surface area contributed by atoms with Crippen molar-refractivity contribution in [1.29, 1.82) is 0 Å². The van der Waals surface area contributed by atoms with Crippen LogP contribution in [0, 0.1) is 5.41 Å². The Morgan fingerprint density at radius 1 is 1.47 bits per heavy atom. The van der Waals surface area contributed by atoms with Crippen molar-refractivity contribution in [3.63, 3.8) is 0 Å². The highest BCUT2D eigenvalue weighted by atomic mass is 35.5. The van der Waals surface area contributed by atoms with E-state index in [0.29, 0.717) is 23.4 Å². The molecule has 0 aliphatic rings. The maximum absolute atomic E-state index is 6.20. The van der Waals surface area contributed by atoms with Gasteiger partial charge in [-0.25, -0.2) is 4.98 Å². The third-order valence-electron chi connectivity index (χ3n) is 2.85. The monoisotopic (exact) mass is 286 g/mol. The maximum atomic E-state index is 6.20. The van der Waals surface area contributed by atoms with Gasteiger partial charge in [0.15, 0.2) is 5.82 Å². The highest BCUT2D eigenvalue weighted by Crippen LogP contribution is 2.27. The van der Waals surface area contributed by atoms with Gasteiger partial charge in [0, 0.05) is 13.1 Å². The largest absolute Gasteiger partial charge is 0.467 e. The fourth-order valence-corrected chi connectivity index (χ4v) is 1.98. The summed E-state index contributed by atoms with van der Waals surface area (Å²) in [6.45, 7) is 8.63. The molecule has 0 radical (unpaired) electrons. The van der Waals surface area contributed by atoms with Crippen molar-refractivity contribution >= 4 is 17.4 Å². The molecule has 0 saturated heterocycles. The molecule has 6 heteroatoms. The summed E-state index contributed by atoms with van der Waals surface area (Å²) in [6, 6.07) is 0.325. The topological polar surface area (TPSA) is 64.3 Å². The Kier molecular flexibility index (Phi) is 5.82. The van der Waals surface area contributed by atoms with E-state index in [4.69, 9.17) is 22.1 Å². The van der Waals surface area contributed by atoms with E-state index in [1.807, 2.05) is 0 Å². The number of aromatic nitrogens is 2. The maximum Gasteiger partial charge on any atom is 0.318 e. The summed E-state index contributed by atoms with van der Waals surface area (Å²) in [6.07, 6.45) is 2.57. The molecule has 0 fully saturated rings. The molecule has 1 aromatic heterocycles. The van der Waals surface area contributed by atoms with Crippen LogP contribution in [-0.2, 0) is 0 Å². The summed E-state index contributed by atoms with van der Waals surface area (Å²) in [7, 11) is 1.54. The quantitative estimate of drug-likeness (QED) is 0.833. The molecule has 0 saturated carbocycles. The Bertz CT molecular complexity index is 412. The van der Waals surface area contributed by atoms with Crippen LogP contribution in [-0.4, -0.2) is 36.7 Å². The zero-order chi connectivity index (χ0) is 14.5. The van der Waals surface area contributed by atoms with Crippen molar-refractivity contribution in [2.24, 2.45) is 11.1 Å². The van der Waals surface area contributed by atoms with Crippen molar-refractivity contribution in [3.05, 3.63) is 11.2 Å². The lowest BCUT2D eigenvalue weighted by molar-refractivity contribution is 0.368. The van der Waals surface area contributed by atoms with Crippen molar-refractivity contribution in [3.8, 4) is 6.01 Å². The predicted molar refractivity (Wildman–Crippen MR) is 78.9 cm³/mol. The number of halogens is 1. The summed E-state index contributed by atoms with van der Waals surface area (Å²) in [5, 5.41) is 0.530. The molecule has 0 unspecified atom stereocenters. The Morgan fingerprint density at radius 2 is 2.16 bits per heavy atom. The summed E-state index contributed by atoms with van der Waals surface area (Å²) in [5.41, 5.74) is 5.80. The Balaban J connectivity index is 3.04. The molecule has 19 heavy (non-hydrogen) atoms. The number of anilines is 1. The molecule has 2 N–H and O–H groups in total. The van der Waals surface area contributed by atoms with Gasteiger partial charge in [0.05, 0.1) is 13.3 Å². The first-order valence-electron chi connectivity index (χ1n) is 6.45. The summed E-state index contributed by atoms with van der Waals surface area (Å²) < 4.78 is 5.06. The SMILES string of the molecule is CCCN(CC(C)(C)CN)c1nc(OC)ncc1Cl. The zero-order valence-electron chi connectivity index (χ0n) is 12.1. The van der Waals surface area contributed by atoms with Gasteiger partial charge in [-0.3, -0.25) is 0 Å². The lowest BCUT2D eigenvalue weighted by Crippen LogP contribution is -2.39. The minimum absolute atomic E-state index is 0.00329. The molecule has 0 atom stereocenters. The second kappa shape index (κ2) is 6.91. The van der Waals surface area contributed by atoms with Gasteiger partial charge >= 0.3 is 6.01 Å². The molecule has 1 heterocycles. The number of rotatable bonds is 7. The molecule has 108 valence electrons. The lowest BCUT2D eigenvalue weighted by atomic mass is 9.93. The number of hydrogen-bond acceptors (Lipinski definition) is 5. The third kappa shape index (κ3) is 4.51. The average Bonchev–Trinajstić information content (AvgIpc) is 2.39. The van der Waals surface area contributed by atoms with E-state index in [2.05, 4.69) is 35.6 Å². The minimum atomic E-state index is -0.00329. The van der Waals surface area contributed by atoms with Crippen LogP contribution in [0.2, 0.25) is 5.02 Å². The molecule has 5 nitrogen and oxygen atoms in total. The molecule has 0 bridgehead atoms. The van der Waals surface area contributed by atoms with Crippen molar-refractivity contribution in [1.82, 2.24) is 9.97 Å². The second-order valence-corrected chi connectivity index (χ2v) is 5.73. The number of ether oxygens (including phenoxy) is 1. The highest BCUT2D eigenvalue weighted by Gasteiger charge is 2.23. The van der Waals surface area contributed by atoms with Crippen LogP contribution in [0.3, 0.4) is 0 Å². The summed E-state index contributed by atoms with van der Waals surface area (Å²) in [4.78, 5) is 10.5. The number of nitrogens with zero attached hydrogens (tertiary/aromatic N) is 3. The normalized spacial score (nSPS) is 11.5.